The van der Waals surface area contributed by atoms with E-state index in [1.807, 2.05) is 0 Å². The minimum absolute atomic E-state index is 0.0101. The number of aromatic nitrogens is 1. The van der Waals surface area contributed by atoms with Crippen molar-refractivity contribution in [2.75, 3.05) is 6.61 Å². The van der Waals surface area contributed by atoms with Crippen molar-refractivity contribution in [2.24, 2.45) is 5.73 Å². The first kappa shape index (κ1) is 17.3. The summed E-state index contributed by atoms with van der Waals surface area (Å²) in [6, 6.07) is 0.428. The normalized spacial score (nSPS) is 11.8. The second-order valence-corrected chi connectivity index (χ2v) is 4.01. The Balaban J connectivity index is 3.38. The second-order valence-electron chi connectivity index (χ2n) is 4.01. The zero-order chi connectivity index (χ0) is 16.2. The number of nitrogens with two attached hydrogens (primary N) is 1. The minimum atomic E-state index is -4.83. The summed E-state index contributed by atoms with van der Waals surface area (Å²) in [7, 11) is 0. The van der Waals surface area contributed by atoms with Crippen LogP contribution in [0.15, 0.2) is 6.07 Å². The molecule has 0 radical (unpaired) electrons. The summed E-state index contributed by atoms with van der Waals surface area (Å²) in [5.74, 6) is -0.901. The third-order valence-electron chi connectivity index (χ3n) is 2.57. The summed E-state index contributed by atoms with van der Waals surface area (Å²) in [6.45, 7) is 0.883. The van der Waals surface area contributed by atoms with Gasteiger partial charge in [0, 0.05) is 12.1 Å². The fourth-order valence-corrected chi connectivity index (χ4v) is 1.75. The minimum Gasteiger partial charge on any atom is -0.466 e. The summed E-state index contributed by atoms with van der Waals surface area (Å²) in [5, 5.41) is 0. The van der Waals surface area contributed by atoms with Gasteiger partial charge in [-0.15, -0.1) is 0 Å². The van der Waals surface area contributed by atoms with Gasteiger partial charge in [0.05, 0.1) is 18.7 Å². The van der Waals surface area contributed by atoms with Crippen LogP contribution < -0.4 is 5.73 Å². The highest BCUT2D eigenvalue weighted by atomic mass is 19.4. The highest BCUT2D eigenvalue weighted by molar-refractivity contribution is 5.73. The molecule has 0 aliphatic heterocycles. The summed E-state index contributed by atoms with van der Waals surface area (Å²) in [6.07, 6.45) is -8.62. The second kappa shape index (κ2) is 6.79. The molecule has 0 spiro atoms. The van der Waals surface area contributed by atoms with Crippen LogP contribution in [0.5, 0.6) is 0 Å². The number of hydrogen-bond acceptors (Lipinski definition) is 4. The summed E-state index contributed by atoms with van der Waals surface area (Å²) in [4.78, 5) is 14.5. The van der Waals surface area contributed by atoms with Gasteiger partial charge in [0.1, 0.15) is 5.69 Å². The summed E-state index contributed by atoms with van der Waals surface area (Å²) in [5.41, 5.74) is 1.99. The van der Waals surface area contributed by atoms with Gasteiger partial charge in [0.25, 0.3) is 6.43 Å². The molecule has 0 amide bonds. The molecular weight excluding hydrogens is 299 g/mol. The maximum Gasteiger partial charge on any atom is 0.433 e. The van der Waals surface area contributed by atoms with Crippen LogP contribution >= 0.6 is 0 Å². The monoisotopic (exact) mass is 312 g/mol. The molecule has 2 N–H and O–H groups in total. The van der Waals surface area contributed by atoms with Gasteiger partial charge in [0.15, 0.2) is 0 Å². The van der Waals surface area contributed by atoms with E-state index in [4.69, 9.17) is 5.73 Å². The third kappa shape index (κ3) is 4.35. The molecule has 0 fully saturated rings. The Bertz CT molecular complexity index is 517. The molecular formula is C12H13F5N2O2. The Kier molecular flexibility index (Phi) is 5.59. The van der Waals surface area contributed by atoms with Crippen molar-refractivity contribution < 1.29 is 31.5 Å². The van der Waals surface area contributed by atoms with Crippen molar-refractivity contribution in [3.05, 3.63) is 28.6 Å². The molecule has 0 aliphatic carbocycles. The maximum atomic E-state index is 13.0. The molecule has 1 aromatic rings. The predicted molar refractivity (Wildman–Crippen MR) is 62.4 cm³/mol. The smallest absolute Gasteiger partial charge is 0.433 e. The first-order valence-corrected chi connectivity index (χ1v) is 5.94. The molecule has 0 saturated carbocycles. The molecule has 118 valence electrons. The van der Waals surface area contributed by atoms with Gasteiger partial charge in [-0.25, -0.2) is 13.8 Å². The Morgan fingerprint density at radius 1 is 1.43 bits per heavy atom. The number of ether oxygens (including phenoxy) is 1. The van der Waals surface area contributed by atoms with Gasteiger partial charge in [0.2, 0.25) is 0 Å². The largest absolute Gasteiger partial charge is 0.466 e. The number of halogens is 5. The first-order chi connectivity index (χ1) is 9.70. The van der Waals surface area contributed by atoms with E-state index in [1.54, 1.807) is 0 Å². The van der Waals surface area contributed by atoms with E-state index in [9.17, 15) is 26.7 Å². The Labute approximate surface area is 117 Å². The van der Waals surface area contributed by atoms with E-state index in [-0.39, 0.29) is 6.61 Å². The van der Waals surface area contributed by atoms with Crippen molar-refractivity contribution in [2.45, 2.75) is 32.5 Å². The highest BCUT2D eigenvalue weighted by Crippen LogP contribution is 2.33. The number of esters is 1. The number of carbonyl (C=O) groups excluding carboxylic acids is 1. The van der Waals surface area contributed by atoms with Crippen LogP contribution in [-0.4, -0.2) is 17.6 Å². The molecule has 1 heterocycles. The van der Waals surface area contributed by atoms with E-state index in [0.29, 0.717) is 6.07 Å². The molecule has 0 aromatic carbocycles. The predicted octanol–water partition coefficient (Wildman–Crippen LogP) is 2.60. The Morgan fingerprint density at radius 2 is 2.05 bits per heavy atom. The summed E-state index contributed by atoms with van der Waals surface area (Å²) >= 11 is 0. The molecule has 0 unspecified atom stereocenters. The highest BCUT2D eigenvalue weighted by Gasteiger charge is 2.35. The molecule has 21 heavy (non-hydrogen) atoms. The van der Waals surface area contributed by atoms with Crippen molar-refractivity contribution in [1.29, 1.82) is 0 Å². The lowest BCUT2D eigenvalue weighted by Crippen LogP contribution is -2.18. The van der Waals surface area contributed by atoms with E-state index in [0.717, 1.165) is 0 Å². The number of alkyl halides is 5. The van der Waals surface area contributed by atoms with Gasteiger partial charge < -0.3 is 10.5 Å². The number of carbonyl (C=O) groups is 1. The van der Waals surface area contributed by atoms with Crippen molar-refractivity contribution in [1.82, 2.24) is 4.98 Å². The lowest BCUT2D eigenvalue weighted by molar-refractivity contribution is -0.143. The Hall–Kier alpha value is -1.77. The Morgan fingerprint density at radius 3 is 2.48 bits per heavy atom. The fraction of sp³-hybridized carbons (Fsp3) is 0.500. The van der Waals surface area contributed by atoms with Gasteiger partial charge in [-0.3, -0.25) is 4.79 Å². The molecule has 1 aromatic heterocycles. The third-order valence-corrected chi connectivity index (χ3v) is 2.57. The van der Waals surface area contributed by atoms with E-state index in [1.165, 1.54) is 6.92 Å². The van der Waals surface area contributed by atoms with Crippen LogP contribution in [0.2, 0.25) is 0 Å². The number of pyridine rings is 1. The number of hydrogen-bond donors (Lipinski definition) is 1. The van der Waals surface area contributed by atoms with Crippen LogP contribution in [0.1, 0.15) is 35.9 Å². The van der Waals surface area contributed by atoms with Crippen molar-refractivity contribution in [3.63, 3.8) is 0 Å². The molecule has 0 saturated heterocycles. The lowest BCUT2D eigenvalue weighted by atomic mass is 10.0. The van der Waals surface area contributed by atoms with Gasteiger partial charge in [-0.05, 0) is 18.6 Å². The van der Waals surface area contributed by atoms with Crippen LogP contribution in [-0.2, 0) is 28.7 Å². The summed E-state index contributed by atoms with van der Waals surface area (Å²) < 4.78 is 68.7. The topological polar surface area (TPSA) is 65.2 Å². The molecule has 9 heteroatoms. The molecule has 4 nitrogen and oxygen atoms in total. The van der Waals surface area contributed by atoms with E-state index in [2.05, 4.69) is 9.72 Å². The van der Waals surface area contributed by atoms with E-state index >= 15 is 0 Å². The van der Waals surface area contributed by atoms with Gasteiger partial charge in [-0.1, -0.05) is 0 Å². The average molecular weight is 312 g/mol. The molecule has 0 aliphatic rings. The lowest BCUT2D eigenvalue weighted by Gasteiger charge is -2.16. The van der Waals surface area contributed by atoms with Crippen LogP contribution in [0.25, 0.3) is 0 Å². The number of rotatable bonds is 5. The first-order valence-electron chi connectivity index (χ1n) is 5.94. The molecule has 0 atom stereocenters. The molecule has 0 bridgehead atoms. The number of nitrogens with zero attached hydrogens (tertiary/aromatic N) is 1. The SMILES string of the molecule is CCOC(=O)Cc1cc(C(F)(F)F)nc(CN)c1C(F)F. The van der Waals surface area contributed by atoms with Gasteiger partial charge >= 0.3 is 12.1 Å². The quantitative estimate of drug-likeness (QED) is 0.670. The van der Waals surface area contributed by atoms with Crippen LogP contribution in [0.3, 0.4) is 0 Å². The molecule has 1 rings (SSSR count). The van der Waals surface area contributed by atoms with Crippen molar-refractivity contribution in [3.8, 4) is 0 Å². The average Bonchev–Trinajstić information content (AvgIpc) is 2.36. The fourth-order valence-electron chi connectivity index (χ4n) is 1.75. The van der Waals surface area contributed by atoms with Crippen LogP contribution in [0.4, 0.5) is 22.0 Å². The zero-order valence-corrected chi connectivity index (χ0v) is 11.0. The van der Waals surface area contributed by atoms with E-state index < -0.39 is 54.1 Å². The standard InChI is InChI=1S/C12H13F5N2O2/c1-2-21-9(20)4-6-3-8(12(15,16)17)19-7(5-18)10(6)11(13)14/h3,11H,2,4-5,18H2,1H3. The van der Waals surface area contributed by atoms with Gasteiger partial charge in [-0.2, -0.15) is 13.2 Å². The maximum absolute atomic E-state index is 13.0. The van der Waals surface area contributed by atoms with Crippen LogP contribution in [0, 0.1) is 0 Å². The zero-order valence-electron chi connectivity index (χ0n) is 11.0. The van der Waals surface area contributed by atoms with Crippen molar-refractivity contribution >= 4 is 5.97 Å².